The number of nitrogens with zero attached hydrogens (tertiary/aromatic N) is 1. The smallest absolute Gasteiger partial charge is 0.416 e. The third kappa shape index (κ3) is 6.86. The average molecular weight is 626 g/mol. The van der Waals surface area contributed by atoms with Gasteiger partial charge in [-0.1, -0.05) is 42.7 Å². The number of carbonyl (C=O) groups excluding carboxylic acids is 2. The summed E-state index contributed by atoms with van der Waals surface area (Å²) in [7, 11) is 0. The van der Waals surface area contributed by atoms with Crippen molar-refractivity contribution in [1.82, 2.24) is 0 Å². The number of benzene rings is 2. The molecule has 4 rings (SSSR count). The highest BCUT2D eigenvalue weighted by molar-refractivity contribution is 6.22. The zero-order chi connectivity index (χ0) is 32.6. The minimum Gasteiger partial charge on any atom is -0.508 e. The minimum absolute atomic E-state index is 0.0507. The summed E-state index contributed by atoms with van der Waals surface area (Å²) >= 11 is 0. The van der Waals surface area contributed by atoms with E-state index in [0.717, 1.165) is 24.0 Å². The Morgan fingerprint density at radius 2 is 1.57 bits per heavy atom. The lowest BCUT2D eigenvalue weighted by Crippen LogP contribution is -2.38. The molecule has 0 unspecified atom stereocenters. The molecule has 0 bridgehead atoms. The van der Waals surface area contributed by atoms with Crippen molar-refractivity contribution in [3.63, 3.8) is 0 Å². The fourth-order valence-corrected chi connectivity index (χ4v) is 6.31. The van der Waals surface area contributed by atoms with E-state index in [4.69, 9.17) is 0 Å². The summed E-state index contributed by atoms with van der Waals surface area (Å²) in [5.74, 6) is -5.32. The topological polar surface area (TPSA) is 98.1 Å². The number of aromatic hydroxyl groups is 1. The molecule has 2 amide bonds. The Labute approximate surface area is 250 Å². The van der Waals surface area contributed by atoms with Crippen LogP contribution < -0.4 is 4.90 Å². The molecule has 44 heavy (non-hydrogen) atoms. The molecule has 1 heterocycles. The number of phenols is 1. The van der Waals surface area contributed by atoms with Gasteiger partial charge < -0.3 is 15.3 Å². The van der Waals surface area contributed by atoms with E-state index in [1.54, 1.807) is 31.2 Å². The number of carbonyl (C=O) groups is 2. The van der Waals surface area contributed by atoms with Crippen LogP contribution in [0.2, 0.25) is 0 Å². The number of amides is 2. The number of hydrogen-bond acceptors (Lipinski definition) is 5. The Morgan fingerprint density at radius 1 is 0.977 bits per heavy atom. The van der Waals surface area contributed by atoms with Crippen LogP contribution in [-0.2, 0) is 21.9 Å². The number of rotatable bonds is 9. The van der Waals surface area contributed by atoms with Gasteiger partial charge in [0.05, 0.1) is 41.4 Å². The molecule has 0 saturated carbocycles. The van der Waals surface area contributed by atoms with E-state index < -0.39 is 71.4 Å². The molecule has 2 aromatic carbocycles. The van der Waals surface area contributed by atoms with Gasteiger partial charge in [-0.15, -0.1) is 0 Å². The standard InChI is InChI=1S/C32H33F6NO5/c1-3-4-18(12-19-5-8-23(41)9-6-19)7-10-26(42)27-17(2)11-24-28(25(27)16-40)30(44)39(29(24)43)22-14-20(31(33,34)35)13-21(15-22)32(36,37)38/h5-6,8-9,12-15,24-26,28,40-42H,3-4,7,10-11,16H2,1-2H3/b18-12+/t24-,25+,26-,28-/m1/s1. The summed E-state index contributed by atoms with van der Waals surface area (Å²) in [6.45, 7) is 2.95. The number of hydrogen-bond donors (Lipinski definition) is 3. The molecule has 2 aliphatic rings. The number of aliphatic hydroxyl groups is 2. The maximum atomic E-state index is 13.6. The van der Waals surface area contributed by atoms with Crippen molar-refractivity contribution in [2.24, 2.45) is 17.8 Å². The summed E-state index contributed by atoms with van der Waals surface area (Å²) in [6, 6.07) is 7.18. The van der Waals surface area contributed by atoms with E-state index in [2.05, 4.69) is 0 Å². The van der Waals surface area contributed by atoms with Crippen LogP contribution in [0.25, 0.3) is 6.08 Å². The van der Waals surface area contributed by atoms with Crippen LogP contribution in [0.1, 0.15) is 62.6 Å². The van der Waals surface area contributed by atoms with Crippen molar-refractivity contribution in [1.29, 1.82) is 0 Å². The summed E-state index contributed by atoms with van der Waals surface area (Å²) in [4.78, 5) is 27.3. The first-order valence-corrected chi connectivity index (χ1v) is 14.2. The van der Waals surface area contributed by atoms with Crippen molar-refractivity contribution < 1.29 is 51.3 Å². The number of imide groups is 1. The lowest BCUT2D eigenvalue weighted by molar-refractivity contribution is -0.143. The lowest BCUT2D eigenvalue weighted by Gasteiger charge is -2.35. The SMILES string of the molecule is CCC/C(=C\c1ccc(O)cc1)CC[C@@H](O)C1=C(C)C[C@H]2C(=O)N(c3cc(C(F)(F)F)cc(C(F)(F)F)c3)C(=O)[C@H]2[C@H]1CO. The Balaban J connectivity index is 1.62. The van der Waals surface area contributed by atoms with Gasteiger partial charge in [0.1, 0.15) is 5.75 Å². The second-order valence-corrected chi connectivity index (χ2v) is 11.3. The van der Waals surface area contributed by atoms with E-state index in [1.807, 2.05) is 13.0 Å². The van der Waals surface area contributed by atoms with Crippen molar-refractivity contribution in [3.8, 4) is 5.75 Å². The number of halogens is 6. The molecule has 0 aromatic heterocycles. The predicted octanol–water partition coefficient (Wildman–Crippen LogP) is 6.89. The van der Waals surface area contributed by atoms with Gasteiger partial charge in [-0.3, -0.25) is 9.59 Å². The van der Waals surface area contributed by atoms with Crippen LogP contribution in [-0.4, -0.2) is 39.8 Å². The molecule has 1 fully saturated rings. The first-order valence-electron chi connectivity index (χ1n) is 14.2. The van der Waals surface area contributed by atoms with E-state index in [-0.39, 0.29) is 24.7 Å². The highest BCUT2D eigenvalue weighted by atomic mass is 19.4. The van der Waals surface area contributed by atoms with E-state index in [1.165, 1.54) is 0 Å². The van der Waals surface area contributed by atoms with E-state index in [0.29, 0.717) is 34.6 Å². The number of anilines is 1. The zero-order valence-electron chi connectivity index (χ0n) is 24.0. The van der Waals surface area contributed by atoms with Crippen molar-refractivity contribution >= 4 is 23.6 Å². The molecule has 0 spiro atoms. The first kappa shape index (κ1) is 33.3. The normalized spacial score (nSPS) is 22.1. The Morgan fingerprint density at radius 3 is 2.09 bits per heavy atom. The molecule has 1 aliphatic carbocycles. The molecular formula is C32H33F6NO5. The fraction of sp³-hybridized carbons (Fsp3) is 0.438. The minimum atomic E-state index is -5.18. The molecule has 2 aromatic rings. The number of alkyl halides is 6. The largest absolute Gasteiger partial charge is 0.508 e. The summed E-state index contributed by atoms with van der Waals surface area (Å²) < 4.78 is 81.0. The molecule has 3 N–H and O–H groups in total. The molecule has 0 radical (unpaired) electrons. The van der Waals surface area contributed by atoms with E-state index >= 15 is 0 Å². The Kier molecular flexibility index (Phi) is 9.65. The average Bonchev–Trinajstić information content (AvgIpc) is 3.19. The first-order chi connectivity index (χ1) is 20.6. The fourth-order valence-electron chi connectivity index (χ4n) is 6.31. The maximum absolute atomic E-state index is 13.6. The van der Waals surface area contributed by atoms with Crippen LogP contribution in [0.15, 0.2) is 59.2 Å². The van der Waals surface area contributed by atoms with Crippen LogP contribution >= 0.6 is 0 Å². The van der Waals surface area contributed by atoms with Crippen LogP contribution in [0.3, 0.4) is 0 Å². The van der Waals surface area contributed by atoms with Crippen LogP contribution in [0.4, 0.5) is 32.0 Å². The summed E-state index contributed by atoms with van der Waals surface area (Å²) in [5.41, 5.74) is -1.44. The highest BCUT2D eigenvalue weighted by Gasteiger charge is 2.55. The van der Waals surface area contributed by atoms with Gasteiger partial charge in [0, 0.05) is 5.92 Å². The third-order valence-electron chi connectivity index (χ3n) is 8.29. The van der Waals surface area contributed by atoms with Gasteiger partial charge in [0.25, 0.3) is 0 Å². The van der Waals surface area contributed by atoms with Crippen molar-refractivity contribution in [2.45, 2.75) is 64.4 Å². The van der Waals surface area contributed by atoms with Crippen molar-refractivity contribution in [3.05, 3.63) is 75.9 Å². The Hall–Kier alpha value is -3.64. The zero-order valence-corrected chi connectivity index (χ0v) is 24.0. The monoisotopic (exact) mass is 625 g/mol. The molecule has 1 aliphatic heterocycles. The van der Waals surface area contributed by atoms with Gasteiger partial charge in [-0.25, -0.2) is 4.90 Å². The number of allylic oxidation sites excluding steroid dienone is 2. The third-order valence-corrected chi connectivity index (χ3v) is 8.29. The number of aliphatic hydroxyl groups excluding tert-OH is 2. The van der Waals surface area contributed by atoms with Gasteiger partial charge in [-0.2, -0.15) is 26.3 Å². The lowest BCUT2D eigenvalue weighted by atomic mass is 9.68. The second kappa shape index (κ2) is 12.8. The van der Waals surface area contributed by atoms with Crippen LogP contribution in [0.5, 0.6) is 5.75 Å². The molecule has 4 atom stereocenters. The predicted molar refractivity (Wildman–Crippen MR) is 150 cm³/mol. The molecule has 6 nitrogen and oxygen atoms in total. The molecule has 12 heteroatoms. The molecular weight excluding hydrogens is 592 g/mol. The second-order valence-electron chi connectivity index (χ2n) is 11.3. The van der Waals surface area contributed by atoms with Gasteiger partial charge in [0.2, 0.25) is 11.8 Å². The number of fused-ring (bicyclic) bond motifs is 1. The number of phenolic OH excluding ortho intramolecular Hbond substituents is 1. The Bertz CT molecular complexity index is 1430. The van der Waals surface area contributed by atoms with Crippen LogP contribution in [0, 0.1) is 17.8 Å². The van der Waals surface area contributed by atoms with Crippen molar-refractivity contribution in [2.75, 3.05) is 11.5 Å². The molecule has 238 valence electrons. The van der Waals surface area contributed by atoms with E-state index in [9.17, 15) is 51.3 Å². The summed E-state index contributed by atoms with van der Waals surface area (Å²) in [6.07, 6.45) is -7.39. The summed E-state index contributed by atoms with van der Waals surface area (Å²) in [5, 5.41) is 31.2. The highest BCUT2D eigenvalue weighted by Crippen LogP contribution is 2.48. The maximum Gasteiger partial charge on any atom is 0.416 e. The van der Waals surface area contributed by atoms with Gasteiger partial charge in [0.15, 0.2) is 0 Å². The van der Waals surface area contributed by atoms with Gasteiger partial charge >= 0.3 is 12.4 Å². The quantitative estimate of drug-likeness (QED) is 0.160. The van der Waals surface area contributed by atoms with Gasteiger partial charge in [-0.05, 0) is 74.1 Å². The molecule has 1 saturated heterocycles.